The number of nitrogens with zero attached hydrogens (tertiary/aromatic N) is 1. The van der Waals surface area contributed by atoms with Gasteiger partial charge in [-0.1, -0.05) is 13.0 Å². The third-order valence-electron chi connectivity index (χ3n) is 3.71. The minimum Gasteiger partial charge on any atom is -0.338 e. The number of amides is 1. The number of rotatable bonds is 5. The summed E-state index contributed by atoms with van der Waals surface area (Å²) in [6.45, 7) is 6.78. The number of hydrogen-bond donors (Lipinski definition) is 1. The van der Waals surface area contributed by atoms with Crippen LogP contribution in [0.25, 0.3) is 0 Å². The van der Waals surface area contributed by atoms with Crippen LogP contribution in [0.1, 0.15) is 44.7 Å². The van der Waals surface area contributed by atoms with Gasteiger partial charge in [-0.15, -0.1) is 0 Å². The van der Waals surface area contributed by atoms with Gasteiger partial charge in [0.05, 0.1) is 4.90 Å². The summed E-state index contributed by atoms with van der Waals surface area (Å²) in [7, 11) is -3.49. The Hall–Kier alpha value is -1.40. The Labute approximate surface area is 132 Å². The van der Waals surface area contributed by atoms with Gasteiger partial charge in [0.1, 0.15) is 0 Å². The fraction of sp³-hybridized carbons (Fsp3) is 0.562. The Balaban J connectivity index is 2.24. The first-order chi connectivity index (χ1) is 10.3. The van der Waals surface area contributed by atoms with Crippen LogP contribution >= 0.6 is 0 Å². The van der Waals surface area contributed by atoms with Gasteiger partial charge in [0, 0.05) is 25.6 Å². The molecular formula is C16H24N2O3S. The van der Waals surface area contributed by atoms with E-state index in [1.54, 1.807) is 26.0 Å². The minimum atomic E-state index is -3.49. The molecule has 0 atom stereocenters. The van der Waals surface area contributed by atoms with E-state index in [-0.39, 0.29) is 16.8 Å². The monoisotopic (exact) mass is 324 g/mol. The average Bonchev–Trinajstić information content (AvgIpc) is 2.45. The summed E-state index contributed by atoms with van der Waals surface area (Å²) in [5, 5.41) is 0. The number of hydrogen-bond acceptors (Lipinski definition) is 3. The van der Waals surface area contributed by atoms with Crippen LogP contribution in [0.2, 0.25) is 0 Å². The molecule has 1 heterocycles. The summed E-state index contributed by atoms with van der Waals surface area (Å²) in [5.74, 6) is 0.140. The Bertz CT molecular complexity index is 653. The molecule has 0 aromatic heterocycles. The number of benzene rings is 1. The molecule has 0 fully saturated rings. The zero-order valence-electron chi connectivity index (χ0n) is 13.4. The van der Waals surface area contributed by atoms with Gasteiger partial charge in [-0.05, 0) is 49.9 Å². The first-order valence-corrected chi connectivity index (χ1v) is 9.23. The third kappa shape index (κ3) is 3.87. The molecule has 0 saturated carbocycles. The highest BCUT2D eigenvalue weighted by molar-refractivity contribution is 7.89. The molecule has 1 aliphatic rings. The van der Waals surface area contributed by atoms with Gasteiger partial charge in [-0.2, -0.15) is 0 Å². The van der Waals surface area contributed by atoms with Gasteiger partial charge >= 0.3 is 0 Å². The van der Waals surface area contributed by atoms with Gasteiger partial charge in [-0.25, -0.2) is 13.1 Å². The number of nitrogens with one attached hydrogen (secondary N) is 1. The number of fused-ring (bicyclic) bond motifs is 1. The van der Waals surface area contributed by atoms with Crippen LogP contribution in [0.3, 0.4) is 0 Å². The lowest BCUT2D eigenvalue weighted by atomic mass is 9.99. The summed E-state index contributed by atoms with van der Waals surface area (Å²) in [4.78, 5) is 14.1. The van der Waals surface area contributed by atoms with Gasteiger partial charge in [0.25, 0.3) is 0 Å². The molecule has 0 bridgehead atoms. The summed E-state index contributed by atoms with van der Waals surface area (Å²) >= 11 is 0. The van der Waals surface area contributed by atoms with Crippen LogP contribution in [0.4, 0.5) is 0 Å². The van der Waals surface area contributed by atoms with Gasteiger partial charge in [0.2, 0.25) is 15.9 Å². The highest BCUT2D eigenvalue weighted by Gasteiger charge is 2.23. The van der Waals surface area contributed by atoms with Crippen molar-refractivity contribution >= 4 is 15.9 Å². The molecule has 1 N–H and O–H groups in total. The van der Waals surface area contributed by atoms with E-state index >= 15 is 0 Å². The second-order valence-corrected chi connectivity index (χ2v) is 7.74. The van der Waals surface area contributed by atoms with Crippen LogP contribution in [0, 0.1) is 0 Å². The molecule has 22 heavy (non-hydrogen) atoms. The van der Waals surface area contributed by atoms with Crippen LogP contribution in [0.15, 0.2) is 23.1 Å². The van der Waals surface area contributed by atoms with Gasteiger partial charge in [0.15, 0.2) is 0 Å². The number of carbonyl (C=O) groups excluding carboxylic acids is 1. The largest absolute Gasteiger partial charge is 0.338 e. The second-order valence-electron chi connectivity index (χ2n) is 6.02. The van der Waals surface area contributed by atoms with E-state index in [9.17, 15) is 13.2 Å². The van der Waals surface area contributed by atoms with Crippen LogP contribution in [-0.4, -0.2) is 31.8 Å². The Morgan fingerprint density at radius 2 is 2.05 bits per heavy atom. The van der Waals surface area contributed by atoms with Gasteiger partial charge < -0.3 is 4.90 Å². The van der Waals surface area contributed by atoms with E-state index in [0.717, 1.165) is 24.0 Å². The van der Waals surface area contributed by atoms with Gasteiger partial charge in [-0.3, -0.25) is 4.79 Å². The molecule has 6 heteroatoms. The summed E-state index contributed by atoms with van der Waals surface area (Å²) < 4.78 is 27.1. The number of sulfonamides is 1. The molecule has 122 valence electrons. The zero-order chi connectivity index (χ0) is 16.3. The molecule has 1 amide bonds. The standard InChI is InChI=1S/C16H24N2O3S/c1-4-5-16(19)18-9-8-13-6-7-15(10-14(13)11-18)22(20,21)17-12(2)3/h6-7,10,12,17H,4-5,8-9,11H2,1-3H3. The molecule has 0 aliphatic carbocycles. The average molecular weight is 324 g/mol. The molecule has 0 spiro atoms. The van der Waals surface area contributed by atoms with Crippen molar-refractivity contribution in [1.82, 2.24) is 9.62 Å². The smallest absolute Gasteiger partial charge is 0.240 e. The third-order valence-corrected chi connectivity index (χ3v) is 5.36. The molecule has 0 saturated heterocycles. The fourth-order valence-corrected chi connectivity index (χ4v) is 3.97. The predicted molar refractivity (Wildman–Crippen MR) is 85.9 cm³/mol. The highest BCUT2D eigenvalue weighted by atomic mass is 32.2. The van der Waals surface area contributed by atoms with Crippen molar-refractivity contribution in [2.24, 2.45) is 0 Å². The SMILES string of the molecule is CCCC(=O)N1CCc2ccc(S(=O)(=O)NC(C)C)cc2C1. The molecule has 1 aliphatic heterocycles. The van der Waals surface area contributed by atoms with E-state index in [1.165, 1.54) is 0 Å². The van der Waals surface area contributed by atoms with Crippen LogP contribution in [0.5, 0.6) is 0 Å². The first kappa shape index (κ1) is 17.0. The van der Waals surface area contributed by atoms with E-state index in [0.29, 0.717) is 19.5 Å². The van der Waals surface area contributed by atoms with E-state index in [4.69, 9.17) is 0 Å². The quantitative estimate of drug-likeness (QED) is 0.901. The highest BCUT2D eigenvalue weighted by Crippen LogP contribution is 2.23. The van der Waals surface area contributed by atoms with Crippen molar-refractivity contribution in [2.75, 3.05) is 6.54 Å². The fourth-order valence-electron chi connectivity index (χ4n) is 2.66. The number of carbonyl (C=O) groups is 1. The van der Waals surface area contributed by atoms with E-state index in [1.807, 2.05) is 17.9 Å². The van der Waals surface area contributed by atoms with Crippen molar-refractivity contribution in [3.63, 3.8) is 0 Å². The zero-order valence-corrected chi connectivity index (χ0v) is 14.2. The lowest BCUT2D eigenvalue weighted by molar-refractivity contribution is -0.132. The topological polar surface area (TPSA) is 66.5 Å². The molecule has 1 aromatic carbocycles. The van der Waals surface area contributed by atoms with Crippen molar-refractivity contribution < 1.29 is 13.2 Å². The van der Waals surface area contributed by atoms with Crippen molar-refractivity contribution in [1.29, 1.82) is 0 Å². The van der Waals surface area contributed by atoms with Crippen LogP contribution in [-0.2, 0) is 27.8 Å². The van der Waals surface area contributed by atoms with Crippen molar-refractivity contribution in [2.45, 2.75) is 57.5 Å². The Morgan fingerprint density at radius 1 is 1.32 bits per heavy atom. The molecule has 2 rings (SSSR count). The van der Waals surface area contributed by atoms with Crippen molar-refractivity contribution in [3.8, 4) is 0 Å². The maximum Gasteiger partial charge on any atom is 0.240 e. The van der Waals surface area contributed by atoms with Crippen LogP contribution < -0.4 is 4.72 Å². The normalized spacial score (nSPS) is 15.0. The lowest BCUT2D eigenvalue weighted by Gasteiger charge is -2.29. The van der Waals surface area contributed by atoms with E-state index < -0.39 is 10.0 Å². The van der Waals surface area contributed by atoms with Crippen molar-refractivity contribution in [3.05, 3.63) is 29.3 Å². The summed E-state index contributed by atoms with van der Waals surface area (Å²) in [5.41, 5.74) is 2.06. The minimum absolute atomic E-state index is 0.140. The summed E-state index contributed by atoms with van der Waals surface area (Å²) in [6, 6.07) is 5.06. The first-order valence-electron chi connectivity index (χ1n) is 7.75. The molecule has 5 nitrogen and oxygen atoms in total. The summed E-state index contributed by atoms with van der Waals surface area (Å²) in [6.07, 6.45) is 2.15. The van der Waals surface area contributed by atoms with E-state index in [2.05, 4.69) is 4.72 Å². The molecule has 0 radical (unpaired) electrons. The predicted octanol–water partition coefficient (Wildman–Crippen LogP) is 2.06. The molecule has 1 aromatic rings. The Morgan fingerprint density at radius 3 is 2.68 bits per heavy atom. The molecular weight excluding hydrogens is 300 g/mol. The Kier molecular flexibility index (Phi) is 5.24. The lowest BCUT2D eigenvalue weighted by Crippen LogP contribution is -2.36. The second kappa shape index (κ2) is 6.79. The maximum absolute atomic E-state index is 12.3. The maximum atomic E-state index is 12.3. The molecule has 0 unspecified atom stereocenters.